The number of hydrogen-bond donors (Lipinski definition) is 1. The first-order chi connectivity index (χ1) is 8.36. The van der Waals surface area contributed by atoms with Gasteiger partial charge in [-0.15, -0.1) is 0 Å². The monoisotopic (exact) mass is 250 g/mol. The number of ether oxygens (including phenoxy) is 1. The second kappa shape index (κ2) is 3.60. The highest BCUT2D eigenvalue weighted by atomic mass is 16.5. The fraction of sp³-hybridized carbons (Fsp3) is 0.800. The Morgan fingerprint density at radius 1 is 1.33 bits per heavy atom. The third-order valence-electron chi connectivity index (χ3n) is 5.57. The van der Waals surface area contributed by atoms with Crippen LogP contribution in [0.2, 0.25) is 0 Å². The van der Waals surface area contributed by atoms with Crippen molar-refractivity contribution in [3.05, 3.63) is 11.6 Å². The molecular weight excluding hydrogens is 228 g/mol. The van der Waals surface area contributed by atoms with Gasteiger partial charge in [-0.2, -0.15) is 0 Å². The van der Waals surface area contributed by atoms with E-state index in [2.05, 4.69) is 20.8 Å². The van der Waals surface area contributed by atoms with E-state index in [1.807, 2.05) is 0 Å². The Morgan fingerprint density at radius 2 is 2.06 bits per heavy atom. The molecule has 4 unspecified atom stereocenters. The quantitative estimate of drug-likeness (QED) is 0.671. The van der Waals surface area contributed by atoms with E-state index in [9.17, 15) is 9.90 Å². The molecule has 3 nitrogen and oxygen atoms in total. The second-order valence-electron chi connectivity index (χ2n) is 7.09. The van der Waals surface area contributed by atoms with Crippen LogP contribution >= 0.6 is 0 Å². The van der Waals surface area contributed by atoms with Gasteiger partial charge in [0.2, 0.25) is 0 Å². The first-order valence-electron chi connectivity index (χ1n) is 6.93. The fourth-order valence-corrected chi connectivity index (χ4v) is 4.86. The number of carbonyl (C=O) groups excluding carboxylic acids is 1. The van der Waals surface area contributed by atoms with E-state index in [0.29, 0.717) is 6.61 Å². The summed E-state index contributed by atoms with van der Waals surface area (Å²) in [4.78, 5) is 11.7. The maximum atomic E-state index is 11.7. The molecule has 0 aromatic heterocycles. The molecule has 18 heavy (non-hydrogen) atoms. The average molecular weight is 250 g/mol. The molecule has 0 bridgehead atoms. The van der Waals surface area contributed by atoms with Crippen molar-refractivity contribution in [2.24, 2.45) is 22.7 Å². The summed E-state index contributed by atoms with van der Waals surface area (Å²) in [6, 6.07) is 0. The molecule has 0 aromatic carbocycles. The number of esters is 1. The first kappa shape index (κ1) is 12.2. The smallest absolute Gasteiger partial charge is 0.334 e. The first-order valence-corrected chi connectivity index (χ1v) is 6.93. The van der Waals surface area contributed by atoms with Crippen molar-refractivity contribution >= 4 is 5.97 Å². The van der Waals surface area contributed by atoms with Gasteiger partial charge in [-0.05, 0) is 35.7 Å². The number of hydrogen-bond acceptors (Lipinski definition) is 3. The Balaban J connectivity index is 2.10. The lowest BCUT2D eigenvalue weighted by Gasteiger charge is -2.56. The summed E-state index contributed by atoms with van der Waals surface area (Å²) in [5.41, 5.74) is 0.844. The molecule has 1 saturated heterocycles. The Bertz CT molecular complexity index is 423. The maximum absolute atomic E-state index is 11.7. The highest BCUT2D eigenvalue weighted by Gasteiger charge is 2.58. The molecule has 3 rings (SSSR count). The number of cyclic esters (lactones) is 1. The van der Waals surface area contributed by atoms with E-state index in [-0.39, 0.29) is 28.6 Å². The molecule has 2 aliphatic carbocycles. The molecule has 1 saturated carbocycles. The van der Waals surface area contributed by atoms with Crippen molar-refractivity contribution in [2.75, 3.05) is 6.61 Å². The Hall–Kier alpha value is -0.830. The van der Waals surface area contributed by atoms with Gasteiger partial charge in [0.25, 0.3) is 0 Å². The lowest BCUT2D eigenvalue weighted by molar-refractivity contribution is -0.135. The van der Waals surface area contributed by atoms with E-state index in [1.165, 1.54) is 6.42 Å². The zero-order chi connectivity index (χ0) is 13.1. The predicted molar refractivity (Wildman–Crippen MR) is 67.8 cm³/mol. The molecule has 0 radical (unpaired) electrons. The van der Waals surface area contributed by atoms with E-state index in [1.54, 1.807) is 6.08 Å². The minimum absolute atomic E-state index is 0.00257. The predicted octanol–water partition coefficient (Wildman–Crippen LogP) is 2.29. The lowest BCUT2D eigenvalue weighted by Crippen LogP contribution is -2.54. The van der Waals surface area contributed by atoms with Crippen molar-refractivity contribution in [3.63, 3.8) is 0 Å². The van der Waals surface area contributed by atoms with Crippen molar-refractivity contribution in [1.82, 2.24) is 0 Å². The number of fused-ring (bicyclic) bond motifs is 3. The van der Waals surface area contributed by atoms with Crippen LogP contribution < -0.4 is 0 Å². The van der Waals surface area contributed by atoms with Gasteiger partial charge < -0.3 is 9.84 Å². The molecule has 0 aromatic rings. The van der Waals surface area contributed by atoms with Crippen LogP contribution in [0.3, 0.4) is 0 Å². The van der Waals surface area contributed by atoms with Crippen molar-refractivity contribution in [2.45, 2.75) is 46.1 Å². The molecule has 100 valence electrons. The normalized spacial score (nSPS) is 45.9. The topological polar surface area (TPSA) is 46.5 Å². The minimum Gasteiger partial charge on any atom is -0.462 e. The molecule has 1 aliphatic heterocycles. The van der Waals surface area contributed by atoms with Crippen molar-refractivity contribution < 1.29 is 14.6 Å². The standard InChI is InChI=1S/C15H22O3/c1-14(2)5-4-6-15(3)10-8-18-13(17)9(10)7-11(16)12(14)15/h7,10-12,16H,4-6,8H2,1-3H3. The van der Waals surface area contributed by atoms with Crippen molar-refractivity contribution in [1.29, 1.82) is 0 Å². The van der Waals surface area contributed by atoms with Gasteiger partial charge in [0.15, 0.2) is 0 Å². The van der Waals surface area contributed by atoms with Crippen LogP contribution in [0, 0.1) is 22.7 Å². The maximum Gasteiger partial charge on any atom is 0.334 e. The van der Waals surface area contributed by atoms with E-state index in [4.69, 9.17) is 4.74 Å². The summed E-state index contributed by atoms with van der Waals surface area (Å²) >= 11 is 0. The summed E-state index contributed by atoms with van der Waals surface area (Å²) in [7, 11) is 0. The summed E-state index contributed by atoms with van der Waals surface area (Å²) < 4.78 is 5.21. The zero-order valence-corrected chi connectivity index (χ0v) is 11.4. The Labute approximate surface area is 108 Å². The van der Waals surface area contributed by atoms with Gasteiger partial charge in [-0.3, -0.25) is 0 Å². The van der Waals surface area contributed by atoms with E-state index < -0.39 is 6.10 Å². The number of rotatable bonds is 0. The van der Waals surface area contributed by atoms with E-state index >= 15 is 0 Å². The van der Waals surface area contributed by atoms with Gasteiger partial charge >= 0.3 is 5.97 Å². The van der Waals surface area contributed by atoms with Crippen molar-refractivity contribution in [3.8, 4) is 0 Å². The van der Waals surface area contributed by atoms with Gasteiger partial charge in [0.05, 0.1) is 12.7 Å². The third-order valence-corrected chi connectivity index (χ3v) is 5.57. The molecule has 0 spiro atoms. The van der Waals surface area contributed by atoms with Crippen LogP contribution in [0.15, 0.2) is 11.6 Å². The zero-order valence-electron chi connectivity index (χ0n) is 11.4. The molecule has 2 fully saturated rings. The summed E-state index contributed by atoms with van der Waals surface area (Å²) in [6.45, 7) is 7.23. The molecule has 4 atom stereocenters. The summed E-state index contributed by atoms with van der Waals surface area (Å²) in [5.74, 6) is 0.182. The van der Waals surface area contributed by atoms with Crippen LogP contribution in [-0.4, -0.2) is 23.8 Å². The molecule has 3 heteroatoms. The van der Waals surface area contributed by atoms with Crippen LogP contribution in [0.4, 0.5) is 0 Å². The molecule has 3 aliphatic rings. The summed E-state index contributed by atoms with van der Waals surface area (Å²) in [5, 5.41) is 10.5. The largest absolute Gasteiger partial charge is 0.462 e. The number of aliphatic hydroxyl groups is 1. The van der Waals surface area contributed by atoms with Crippen LogP contribution in [0.25, 0.3) is 0 Å². The van der Waals surface area contributed by atoms with Gasteiger partial charge in [0.1, 0.15) is 0 Å². The van der Waals surface area contributed by atoms with Crippen LogP contribution in [0.1, 0.15) is 40.0 Å². The van der Waals surface area contributed by atoms with E-state index in [0.717, 1.165) is 18.4 Å². The highest BCUT2D eigenvalue weighted by Crippen LogP contribution is 2.60. The Kier molecular flexibility index (Phi) is 2.44. The lowest BCUT2D eigenvalue weighted by atomic mass is 9.48. The van der Waals surface area contributed by atoms with Gasteiger partial charge in [0, 0.05) is 11.5 Å². The van der Waals surface area contributed by atoms with Gasteiger partial charge in [-0.1, -0.05) is 27.2 Å². The summed E-state index contributed by atoms with van der Waals surface area (Å²) in [6.07, 6.45) is 4.65. The Morgan fingerprint density at radius 3 is 2.78 bits per heavy atom. The SMILES string of the molecule is CC1(C)CCCC2(C)C3COC(=O)C3=CC(O)C12. The number of aliphatic hydroxyl groups excluding tert-OH is 1. The molecule has 1 heterocycles. The number of carbonyl (C=O) groups is 1. The molecule has 1 N–H and O–H groups in total. The fourth-order valence-electron chi connectivity index (χ4n) is 4.86. The molecule has 0 amide bonds. The third kappa shape index (κ3) is 1.43. The minimum atomic E-state index is -0.512. The molecular formula is C15H22O3. The van der Waals surface area contributed by atoms with Gasteiger partial charge in [-0.25, -0.2) is 4.79 Å². The highest BCUT2D eigenvalue weighted by molar-refractivity contribution is 5.91. The second-order valence-corrected chi connectivity index (χ2v) is 7.09. The van der Waals surface area contributed by atoms with Crippen LogP contribution in [-0.2, 0) is 9.53 Å². The van der Waals surface area contributed by atoms with Crippen LogP contribution in [0.5, 0.6) is 0 Å². The average Bonchev–Trinajstić information content (AvgIpc) is 2.59.